The van der Waals surface area contributed by atoms with Crippen LogP contribution in [0.25, 0.3) is 0 Å². The van der Waals surface area contributed by atoms with Crippen molar-refractivity contribution in [3.8, 4) is 6.07 Å². The molecule has 1 saturated heterocycles. The smallest absolute Gasteiger partial charge is 0.237 e. The van der Waals surface area contributed by atoms with E-state index in [0.717, 1.165) is 38.3 Å². The Kier molecular flexibility index (Phi) is 5.42. The number of carbonyl (C=O) groups excluding carboxylic acids is 1. The molecular weight excluding hydrogens is 250 g/mol. The standard InChI is InChI=1S/C16H27N3O/c1-3-5-12-6-7-13(11-17)15(10-12)19-9-8-18-16(20)14(19)4-2/h12-15H,3-10H2,1-2H3,(H,18,20). The average molecular weight is 277 g/mol. The SMILES string of the molecule is CCCC1CCC(C#N)C(N2CCNC(=O)C2CC)C1. The molecule has 1 amide bonds. The summed E-state index contributed by atoms with van der Waals surface area (Å²) in [6.07, 6.45) is 6.58. The van der Waals surface area contributed by atoms with Gasteiger partial charge < -0.3 is 5.32 Å². The highest BCUT2D eigenvalue weighted by molar-refractivity contribution is 5.82. The topological polar surface area (TPSA) is 56.1 Å². The average Bonchev–Trinajstić information content (AvgIpc) is 2.47. The summed E-state index contributed by atoms with van der Waals surface area (Å²) in [4.78, 5) is 14.4. The molecule has 2 rings (SSSR count). The quantitative estimate of drug-likeness (QED) is 0.858. The van der Waals surface area contributed by atoms with Crippen LogP contribution in [0.15, 0.2) is 0 Å². The van der Waals surface area contributed by atoms with Crippen LogP contribution in [0.5, 0.6) is 0 Å². The Balaban J connectivity index is 2.12. The first-order valence-corrected chi connectivity index (χ1v) is 8.14. The highest BCUT2D eigenvalue weighted by atomic mass is 16.2. The molecule has 0 aromatic carbocycles. The monoisotopic (exact) mass is 277 g/mol. The predicted octanol–water partition coefficient (Wildman–Crippen LogP) is 2.31. The molecule has 20 heavy (non-hydrogen) atoms. The fourth-order valence-corrected chi connectivity index (χ4v) is 3.97. The van der Waals surface area contributed by atoms with Crippen molar-refractivity contribution in [3.05, 3.63) is 0 Å². The van der Waals surface area contributed by atoms with E-state index >= 15 is 0 Å². The van der Waals surface area contributed by atoms with Crippen LogP contribution in [0.4, 0.5) is 0 Å². The van der Waals surface area contributed by atoms with E-state index in [1.165, 1.54) is 19.3 Å². The number of carbonyl (C=O) groups is 1. The number of nitrogens with one attached hydrogen (secondary N) is 1. The molecule has 1 heterocycles. The maximum atomic E-state index is 12.0. The van der Waals surface area contributed by atoms with Gasteiger partial charge in [-0.1, -0.05) is 26.7 Å². The van der Waals surface area contributed by atoms with Gasteiger partial charge in [0.2, 0.25) is 5.91 Å². The van der Waals surface area contributed by atoms with Crippen molar-refractivity contribution in [1.29, 1.82) is 5.26 Å². The van der Waals surface area contributed by atoms with Gasteiger partial charge in [0, 0.05) is 19.1 Å². The molecule has 0 aromatic heterocycles. The van der Waals surface area contributed by atoms with Crippen molar-refractivity contribution in [3.63, 3.8) is 0 Å². The molecule has 1 aliphatic heterocycles. The van der Waals surface area contributed by atoms with Gasteiger partial charge in [-0.05, 0) is 31.6 Å². The van der Waals surface area contributed by atoms with Crippen LogP contribution in [-0.4, -0.2) is 36.0 Å². The third-order valence-corrected chi connectivity index (χ3v) is 4.97. The highest BCUT2D eigenvalue weighted by Gasteiger charge is 2.40. The van der Waals surface area contributed by atoms with Gasteiger partial charge in [-0.15, -0.1) is 0 Å². The zero-order valence-electron chi connectivity index (χ0n) is 12.8. The number of hydrogen-bond acceptors (Lipinski definition) is 3. The lowest BCUT2D eigenvalue weighted by Gasteiger charge is -2.45. The number of nitriles is 1. The summed E-state index contributed by atoms with van der Waals surface area (Å²) < 4.78 is 0. The van der Waals surface area contributed by atoms with Crippen molar-refractivity contribution in [2.24, 2.45) is 11.8 Å². The summed E-state index contributed by atoms with van der Waals surface area (Å²) in [7, 11) is 0. The van der Waals surface area contributed by atoms with Crippen molar-refractivity contribution in [2.75, 3.05) is 13.1 Å². The van der Waals surface area contributed by atoms with Crippen LogP contribution >= 0.6 is 0 Å². The summed E-state index contributed by atoms with van der Waals surface area (Å²) in [5, 5.41) is 12.4. The summed E-state index contributed by atoms with van der Waals surface area (Å²) >= 11 is 0. The van der Waals surface area contributed by atoms with Crippen molar-refractivity contribution >= 4 is 5.91 Å². The van der Waals surface area contributed by atoms with Gasteiger partial charge in [0.05, 0.1) is 18.0 Å². The van der Waals surface area contributed by atoms with Crippen molar-refractivity contribution in [1.82, 2.24) is 10.2 Å². The summed E-state index contributed by atoms with van der Waals surface area (Å²) in [6.45, 7) is 5.92. The number of rotatable bonds is 4. The molecule has 112 valence electrons. The predicted molar refractivity (Wildman–Crippen MR) is 78.9 cm³/mol. The lowest BCUT2D eigenvalue weighted by Crippen LogP contribution is -2.60. The molecule has 1 aliphatic carbocycles. The third kappa shape index (κ3) is 3.15. The van der Waals surface area contributed by atoms with Crippen LogP contribution in [0.3, 0.4) is 0 Å². The van der Waals surface area contributed by atoms with E-state index < -0.39 is 0 Å². The van der Waals surface area contributed by atoms with Crippen LogP contribution in [0.1, 0.15) is 52.4 Å². The summed E-state index contributed by atoms with van der Waals surface area (Å²) in [5.41, 5.74) is 0. The minimum absolute atomic E-state index is 0.0371. The maximum absolute atomic E-state index is 12.0. The Morgan fingerprint density at radius 1 is 1.40 bits per heavy atom. The Bertz CT molecular complexity index is 376. The molecule has 0 spiro atoms. The van der Waals surface area contributed by atoms with Gasteiger partial charge in [-0.2, -0.15) is 5.26 Å². The van der Waals surface area contributed by atoms with E-state index in [-0.39, 0.29) is 23.9 Å². The fourth-order valence-electron chi connectivity index (χ4n) is 3.97. The Morgan fingerprint density at radius 3 is 2.85 bits per heavy atom. The lowest BCUT2D eigenvalue weighted by atomic mass is 9.76. The lowest BCUT2D eigenvalue weighted by molar-refractivity contribution is -0.131. The molecule has 0 bridgehead atoms. The van der Waals surface area contributed by atoms with Gasteiger partial charge in [0.1, 0.15) is 0 Å². The van der Waals surface area contributed by atoms with Crippen LogP contribution in [0.2, 0.25) is 0 Å². The van der Waals surface area contributed by atoms with Gasteiger partial charge >= 0.3 is 0 Å². The van der Waals surface area contributed by atoms with Crippen LogP contribution in [-0.2, 0) is 4.79 Å². The van der Waals surface area contributed by atoms with Gasteiger partial charge in [-0.3, -0.25) is 9.69 Å². The van der Waals surface area contributed by atoms with Gasteiger partial charge in [-0.25, -0.2) is 0 Å². The molecule has 4 atom stereocenters. The molecule has 2 fully saturated rings. The first kappa shape index (κ1) is 15.3. The van der Waals surface area contributed by atoms with Crippen molar-refractivity contribution < 1.29 is 4.79 Å². The Morgan fingerprint density at radius 2 is 2.20 bits per heavy atom. The molecule has 4 heteroatoms. The molecule has 2 aliphatic rings. The Hall–Kier alpha value is -1.08. The second-order valence-electron chi connectivity index (χ2n) is 6.22. The number of amides is 1. The molecule has 4 nitrogen and oxygen atoms in total. The second-order valence-corrected chi connectivity index (χ2v) is 6.22. The van der Waals surface area contributed by atoms with E-state index in [1.807, 2.05) is 0 Å². The van der Waals surface area contributed by atoms with E-state index in [4.69, 9.17) is 0 Å². The number of nitrogens with zero attached hydrogens (tertiary/aromatic N) is 2. The minimum Gasteiger partial charge on any atom is -0.353 e. The van der Waals surface area contributed by atoms with Crippen molar-refractivity contribution in [2.45, 2.75) is 64.5 Å². The van der Waals surface area contributed by atoms with E-state index in [2.05, 4.69) is 30.1 Å². The zero-order valence-corrected chi connectivity index (χ0v) is 12.8. The first-order valence-electron chi connectivity index (χ1n) is 8.14. The molecule has 0 radical (unpaired) electrons. The van der Waals surface area contributed by atoms with E-state index in [1.54, 1.807) is 0 Å². The molecule has 1 saturated carbocycles. The highest BCUT2D eigenvalue weighted by Crippen LogP contribution is 2.36. The third-order valence-electron chi connectivity index (χ3n) is 4.97. The van der Waals surface area contributed by atoms with E-state index in [0.29, 0.717) is 0 Å². The molecular formula is C16H27N3O. The summed E-state index contributed by atoms with van der Waals surface area (Å²) in [5.74, 6) is 0.980. The molecule has 1 N–H and O–H groups in total. The maximum Gasteiger partial charge on any atom is 0.237 e. The molecule has 0 aromatic rings. The second kappa shape index (κ2) is 7.08. The zero-order chi connectivity index (χ0) is 14.5. The minimum atomic E-state index is -0.0371. The van der Waals surface area contributed by atoms with Gasteiger partial charge in [0.25, 0.3) is 0 Å². The number of hydrogen-bond donors (Lipinski definition) is 1. The van der Waals surface area contributed by atoms with Crippen LogP contribution < -0.4 is 5.32 Å². The van der Waals surface area contributed by atoms with Crippen LogP contribution in [0, 0.1) is 23.2 Å². The van der Waals surface area contributed by atoms with E-state index in [9.17, 15) is 10.1 Å². The summed E-state index contributed by atoms with van der Waals surface area (Å²) in [6, 6.07) is 2.74. The fraction of sp³-hybridized carbons (Fsp3) is 0.875. The molecule has 4 unspecified atom stereocenters. The first-order chi connectivity index (χ1) is 9.71. The van der Waals surface area contributed by atoms with Gasteiger partial charge in [0.15, 0.2) is 0 Å². The largest absolute Gasteiger partial charge is 0.353 e. The number of piperazine rings is 1. The Labute approximate surface area is 122 Å². The normalized spacial score (nSPS) is 35.4.